The molecule has 2 aliphatic rings. The zero-order valence-corrected chi connectivity index (χ0v) is 21.4. The van der Waals surface area contributed by atoms with Gasteiger partial charge in [-0.15, -0.1) is 0 Å². The Morgan fingerprint density at radius 1 is 1.27 bits per heavy atom. The number of alkyl halides is 3. The van der Waals surface area contributed by atoms with E-state index < -0.39 is 17.8 Å². The number of likely N-dealkylation sites (tertiary alicyclic amines) is 1. The van der Waals surface area contributed by atoms with Crippen LogP contribution in [0.5, 0.6) is 0 Å². The van der Waals surface area contributed by atoms with Crippen LogP contribution >= 0.6 is 0 Å². The number of hydrogen-bond donors (Lipinski definition) is 3. The van der Waals surface area contributed by atoms with E-state index in [4.69, 9.17) is 0 Å². The van der Waals surface area contributed by atoms with Crippen molar-refractivity contribution in [1.29, 1.82) is 0 Å². The summed E-state index contributed by atoms with van der Waals surface area (Å²) in [6.07, 6.45) is -0.705. The summed E-state index contributed by atoms with van der Waals surface area (Å²) in [6.45, 7) is 6.17. The molecule has 12 heteroatoms. The third-order valence-electron chi connectivity index (χ3n) is 7.64. The van der Waals surface area contributed by atoms with Crippen LogP contribution in [-0.2, 0) is 15.8 Å². The molecule has 1 saturated carbocycles. The standard InChI is InChI=1S/C25H33F3N6O3/c1-14(2)32(4)17-6-8-22(20(12-17)30-15(3)35)33-10-9-19(24(33)36)31-23-18-11-16(25(26,27)28)5-7-21(18)34(37)13-29-23/h5,7,11,13-14,17,19-20,22,37H,6,8-10,12H2,1-4H3,(H,30,35)/p+1/t17-,19+,20-,22+/m1/s1. The van der Waals surface area contributed by atoms with Crippen LogP contribution in [0.1, 0.15) is 52.0 Å². The Morgan fingerprint density at radius 3 is 2.65 bits per heavy atom. The number of fused-ring (bicyclic) bond motifs is 1. The molecule has 9 nitrogen and oxygen atoms in total. The van der Waals surface area contributed by atoms with E-state index in [1.54, 1.807) is 4.90 Å². The number of rotatable bonds is 6. The molecule has 4 atom stereocenters. The first-order chi connectivity index (χ1) is 17.4. The van der Waals surface area contributed by atoms with E-state index in [1.165, 1.54) is 13.0 Å². The Balaban J connectivity index is 1.55. The second-order valence-electron chi connectivity index (χ2n) is 10.3. The number of anilines is 1. The van der Waals surface area contributed by atoms with Crippen LogP contribution in [0.3, 0.4) is 0 Å². The largest absolute Gasteiger partial charge is 0.416 e. The number of benzene rings is 1. The number of amides is 2. The minimum absolute atomic E-state index is 0.0550. The molecule has 2 fully saturated rings. The minimum atomic E-state index is -4.57. The van der Waals surface area contributed by atoms with Crippen LogP contribution in [0.4, 0.5) is 19.0 Å². The molecule has 4 rings (SSSR count). The number of hydrogen-bond acceptors (Lipinski definition) is 6. The van der Waals surface area contributed by atoms with Crippen LogP contribution in [0.15, 0.2) is 24.5 Å². The van der Waals surface area contributed by atoms with Crippen molar-refractivity contribution in [3.8, 4) is 0 Å². The van der Waals surface area contributed by atoms with Crippen LogP contribution < -0.4 is 15.4 Å². The molecule has 0 radical (unpaired) electrons. The second-order valence-corrected chi connectivity index (χ2v) is 10.3. The topological polar surface area (TPSA) is 102 Å². The average Bonchev–Trinajstić information content (AvgIpc) is 3.18. The van der Waals surface area contributed by atoms with Crippen LogP contribution in [0, 0.1) is 0 Å². The van der Waals surface area contributed by atoms with Crippen molar-refractivity contribution in [1.82, 2.24) is 20.1 Å². The van der Waals surface area contributed by atoms with Gasteiger partial charge in [0.25, 0.3) is 5.82 Å². The first-order valence-corrected chi connectivity index (χ1v) is 12.5. The Hall–Kier alpha value is -3.15. The highest BCUT2D eigenvalue weighted by atomic mass is 19.4. The zero-order valence-electron chi connectivity index (χ0n) is 21.4. The molecule has 1 aliphatic carbocycles. The lowest BCUT2D eigenvalue weighted by atomic mass is 9.84. The molecule has 2 amide bonds. The summed E-state index contributed by atoms with van der Waals surface area (Å²) in [5.41, 5.74) is -0.747. The first-order valence-electron chi connectivity index (χ1n) is 12.5. The highest BCUT2D eigenvalue weighted by Gasteiger charge is 2.43. The fourth-order valence-electron chi connectivity index (χ4n) is 5.50. The summed E-state index contributed by atoms with van der Waals surface area (Å²) in [6, 6.07) is 2.55. The SMILES string of the molecule is CC(=O)N[C@@H]1C[C@H](N(C)C(C)C)CC[C@@H]1N1CC[C@H](Nc2nc[n+](O)c3ccc(C(F)(F)F)cc23)C1=O. The molecule has 3 N–H and O–H groups in total. The van der Waals surface area contributed by atoms with E-state index in [9.17, 15) is 28.0 Å². The van der Waals surface area contributed by atoms with Gasteiger partial charge in [0.05, 0.1) is 23.0 Å². The van der Waals surface area contributed by atoms with Gasteiger partial charge in [0, 0.05) is 25.6 Å². The van der Waals surface area contributed by atoms with Crippen molar-refractivity contribution in [3.63, 3.8) is 0 Å². The van der Waals surface area contributed by atoms with Crippen molar-refractivity contribution in [2.75, 3.05) is 18.9 Å². The first kappa shape index (κ1) is 26.9. The van der Waals surface area contributed by atoms with Crippen molar-refractivity contribution in [3.05, 3.63) is 30.1 Å². The maximum absolute atomic E-state index is 13.5. The van der Waals surface area contributed by atoms with E-state index in [0.717, 1.165) is 37.7 Å². The Morgan fingerprint density at radius 2 is 2.00 bits per heavy atom. The van der Waals surface area contributed by atoms with E-state index in [0.29, 0.717) is 23.7 Å². The van der Waals surface area contributed by atoms with Gasteiger partial charge in [0.1, 0.15) is 6.04 Å². The maximum atomic E-state index is 13.5. The molecular weight excluding hydrogens is 489 g/mol. The number of carbonyl (C=O) groups excluding carboxylic acids is 2. The van der Waals surface area contributed by atoms with E-state index in [-0.39, 0.29) is 46.7 Å². The molecule has 202 valence electrons. The third kappa shape index (κ3) is 5.58. The molecular formula is C25H34F3N6O3+. The van der Waals surface area contributed by atoms with E-state index >= 15 is 0 Å². The summed E-state index contributed by atoms with van der Waals surface area (Å²) in [5, 5.41) is 16.2. The molecule has 0 bridgehead atoms. The van der Waals surface area contributed by atoms with Crippen molar-refractivity contribution in [2.24, 2.45) is 0 Å². The molecule has 1 aromatic heterocycles. The summed E-state index contributed by atoms with van der Waals surface area (Å²) in [4.78, 5) is 33.6. The summed E-state index contributed by atoms with van der Waals surface area (Å²) >= 11 is 0. The Bertz CT molecular complexity index is 1170. The molecule has 0 unspecified atom stereocenters. The highest BCUT2D eigenvalue weighted by molar-refractivity contribution is 5.92. The second kappa shape index (κ2) is 10.3. The number of aromatic nitrogens is 2. The van der Waals surface area contributed by atoms with Gasteiger partial charge in [-0.1, -0.05) is 0 Å². The quantitative estimate of drug-likeness (QED) is 0.398. The molecule has 1 aliphatic heterocycles. The lowest BCUT2D eigenvalue weighted by Gasteiger charge is -2.44. The Labute approximate surface area is 213 Å². The van der Waals surface area contributed by atoms with Gasteiger partial charge in [-0.05, 0) is 74.5 Å². The molecule has 0 spiro atoms. The van der Waals surface area contributed by atoms with Crippen molar-refractivity contribution >= 4 is 28.5 Å². The van der Waals surface area contributed by atoms with Gasteiger partial charge in [-0.2, -0.15) is 13.2 Å². The maximum Gasteiger partial charge on any atom is 0.416 e. The minimum Gasteiger partial charge on any atom is -0.351 e. The van der Waals surface area contributed by atoms with E-state index in [2.05, 4.69) is 41.4 Å². The van der Waals surface area contributed by atoms with Gasteiger partial charge in [0.2, 0.25) is 11.8 Å². The van der Waals surface area contributed by atoms with Crippen LogP contribution in [0.2, 0.25) is 0 Å². The lowest BCUT2D eigenvalue weighted by molar-refractivity contribution is -0.886. The lowest BCUT2D eigenvalue weighted by Crippen LogP contribution is -2.58. The van der Waals surface area contributed by atoms with E-state index in [1.807, 2.05) is 0 Å². The molecule has 1 aromatic carbocycles. The monoisotopic (exact) mass is 523 g/mol. The fourth-order valence-corrected chi connectivity index (χ4v) is 5.50. The number of nitrogens with zero attached hydrogens (tertiary/aromatic N) is 4. The molecule has 37 heavy (non-hydrogen) atoms. The van der Waals surface area contributed by atoms with Crippen LogP contribution in [-0.4, -0.2) is 75.6 Å². The summed E-state index contributed by atoms with van der Waals surface area (Å²) in [5.74, 6) is -0.243. The predicted octanol–water partition coefficient (Wildman–Crippen LogP) is 2.56. The van der Waals surface area contributed by atoms with Gasteiger partial charge >= 0.3 is 12.5 Å². The fraction of sp³-hybridized carbons (Fsp3) is 0.600. The van der Waals surface area contributed by atoms with Crippen molar-refractivity contribution in [2.45, 2.75) is 82.8 Å². The zero-order chi connectivity index (χ0) is 27.1. The number of nitrogens with one attached hydrogen (secondary N) is 2. The summed E-state index contributed by atoms with van der Waals surface area (Å²) < 4.78 is 40.6. The number of carbonyl (C=O) groups is 2. The van der Waals surface area contributed by atoms with Gasteiger partial charge in [-0.3, -0.25) is 9.59 Å². The van der Waals surface area contributed by atoms with Crippen molar-refractivity contribution < 1.29 is 32.7 Å². The smallest absolute Gasteiger partial charge is 0.351 e. The van der Waals surface area contributed by atoms with Crippen LogP contribution in [0.25, 0.3) is 10.9 Å². The molecule has 1 saturated heterocycles. The summed E-state index contributed by atoms with van der Waals surface area (Å²) in [7, 11) is 2.07. The van der Waals surface area contributed by atoms with Gasteiger partial charge < -0.3 is 25.6 Å². The normalized spacial score (nSPS) is 24.8. The molecule has 2 heterocycles. The third-order valence-corrected chi connectivity index (χ3v) is 7.64. The number of halogens is 3. The van der Waals surface area contributed by atoms with Gasteiger partial charge in [-0.25, -0.2) is 0 Å². The molecule has 2 aromatic rings. The highest BCUT2D eigenvalue weighted by Crippen LogP contribution is 2.34. The Kier molecular flexibility index (Phi) is 7.50. The van der Waals surface area contributed by atoms with Gasteiger partial charge in [0.15, 0.2) is 5.52 Å². The average molecular weight is 524 g/mol. The predicted molar refractivity (Wildman–Crippen MR) is 130 cm³/mol.